The van der Waals surface area contributed by atoms with Gasteiger partial charge in [0, 0.05) is 17.8 Å². The third-order valence-corrected chi connectivity index (χ3v) is 6.37. The van der Waals surface area contributed by atoms with E-state index in [0.717, 1.165) is 17.5 Å². The zero-order valence-electron chi connectivity index (χ0n) is 17.6. The Balaban J connectivity index is 1.76. The largest absolute Gasteiger partial charge is 0.495 e. The number of amides is 1. The molecule has 0 aliphatic rings. The molecule has 0 atom stereocenters. The molecule has 0 aliphatic carbocycles. The van der Waals surface area contributed by atoms with Crippen LogP contribution in [0.5, 0.6) is 5.75 Å². The van der Waals surface area contributed by atoms with E-state index in [1.54, 1.807) is 0 Å². The molecule has 0 unspecified atom stereocenters. The Hall–Kier alpha value is -3.16. The molecule has 3 aromatic carbocycles. The number of nitrogens with one attached hydrogen (secondary N) is 2. The number of carbonyl (C=O) groups excluding carboxylic acids is 1. The van der Waals surface area contributed by atoms with E-state index < -0.39 is 15.9 Å². The Bertz CT molecular complexity index is 1130. The number of sulfonamides is 1. The van der Waals surface area contributed by atoms with Crippen molar-refractivity contribution >= 4 is 21.6 Å². The third kappa shape index (κ3) is 5.93. The number of aryl methyl sites for hydroxylation is 1. The van der Waals surface area contributed by atoms with E-state index in [9.17, 15) is 13.2 Å². The zero-order valence-corrected chi connectivity index (χ0v) is 18.4. The molecular weight excluding hydrogens is 412 g/mol. The van der Waals surface area contributed by atoms with E-state index in [1.807, 2.05) is 54.6 Å². The highest BCUT2D eigenvalue weighted by molar-refractivity contribution is 7.89. The van der Waals surface area contributed by atoms with E-state index in [1.165, 1.54) is 25.3 Å². The molecule has 3 aromatic rings. The fraction of sp³-hybridized carbons (Fsp3) is 0.208. The zero-order chi connectivity index (χ0) is 22.3. The minimum atomic E-state index is -3.87. The van der Waals surface area contributed by atoms with Gasteiger partial charge >= 0.3 is 0 Å². The standard InChI is InChI=1S/C24H26N2O4S/c1-3-18-9-12-21(13-10-18)26-24(27)20-11-14-22(30-2)23(17-20)31(28,29)25-16-15-19-7-5-4-6-8-19/h4-14,17,25H,3,15-16H2,1-2H3,(H,26,27). The van der Waals surface area contributed by atoms with E-state index in [0.29, 0.717) is 12.1 Å². The van der Waals surface area contributed by atoms with Gasteiger partial charge in [-0.1, -0.05) is 49.4 Å². The molecule has 162 valence electrons. The molecule has 0 bridgehead atoms. The van der Waals surface area contributed by atoms with Crippen molar-refractivity contribution < 1.29 is 17.9 Å². The molecule has 6 nitrogen and oxygen atoms in total. The van der Waals surface area contributed by atoms with Crippen LogP contribution in [-0.2, 0) is 22.9 Å². The maximum absolute atomic E-state index is 12.9. The van der Waals surface area contributed by atoms with Gasteiger partial charge in [-0.05, 0) is 54.3 Å². The van der Waals surface area contributed by atoms with Gasteiger partial charge in [0.1, 0.15) is 10.6 Å². The second kappa shape index (κ2) is 10.2. The average Bonchev–Trinajstić information content (AvgIpc) is 2.79. The molecule has 7 heteroatoms. The van der Waals surface area contributed by atoms with Gasteiger partial charge in [-0.15, -0.1) is 0 Å². The van der Waals surface area contributed by atoms with Gasteiger partial charge in [-0.2, -0.15) is 0 Å². The summed E-state index contributed by atoms with van der Waals surface area (Å²) in [4.78, 5) is 12.6. The summed E-state index contributed by atoms with van der Waals surface area (Å²) in [5.74, 6) is -0.219. The number of rotatable bonds is 9. The first-order chi connectivity index (χ1) is 14.9. The predicted octanol–water partition coefficient (Wildman–Crippen LogP) is 4.03. The summed E-state index contributed by atoms with van der Waals surface area (Å²) < 4.78 is 33.6. The van der Waals surface area contributed by atoms with Crippen LogP contribution in [0.1, 0.15) is 28.4 Å². The number of ether oxygens (including phenoxy) is 1. The van der Waals surface area contributed by atoms with E-state index in [2.05, 4.69) is 17.0 Å². The fourth-order valence-corrected chi connectivity index (χ4v) is 4.33. The minimum absolute atomic E-state index is 0.0722. The second-order valence-electron chi connectivity index (χ2n) is 7.00. The van der Waals surface area contributed by atoms with Crippen molar-refractivity contribution in [2.24, 2.45) is 0 Å². The lowest BCUT2D eigenvalue weighted by Gasteiger charge is -2.13. The molecule has 0 fully saturated rings. The van der Waals surface area contributed by atoms with Crippen LogP contribution in [0.25, 0.3) is 0 Å². The Morgan fingerprint density at radius 3 is 2.29 bits per heavy atom. The van der Waals surface area contributed by atoms with Crippen molar-refractivity contribution in [2.45, 2.75) is 24.7 Å². The summed E-state index contributed by atoms with van der Waals surface area (Å²) in [7, 11) is -2.47. The number of hydrogen-bond acceptors (Lipinski definition) is 4. The lowest BCUT2D eigenvalue weighted by Crippen LogP contribution is -2.27. The van der Waals surface area contributed by atoms with Crippen molar-refractivity contribution in [3.63, 3.8) is 0 Å². The van der Waals surface area contributed by atoms with Crippen LogP contribution in [0.3, 0.4) is 0 Å². The first-order valence-electron chi connectivity index (χ1n) is 10.0. The summed E-state index contributed by atoms with van der Waals surface area (Å²) in [6, 6.07) is 21.5. The SMILES string of the molecule is CCc1ccc(NC(=O)c2ccc(OC)c(S(=O)(=O)NCCc3ccccc3)c2)cc1. The van der Waals surface area contributed by atoms with Crippen LogP contribution >= 0.6 is 0 Å². The van der Waals surface area contributed by atoms with Gasteiger partial charge in [-0.3, -0.25) is 4.79 Å². The van der Waals surface area contributed by atoms with Gasteiger partial charge in [0.25, 0.3) is 5.91 Å². The van der Waals surface area contributed by atoms with E-state index >= 15 is 0 Å². The monoisotopic (exact) mass is 438 g/mol. The summed E-state index contributed by atoms with van der Waals surface area (Å²) in [6.45, 7) is 2.29. The molecule has 31 heavy (non-hydrogen) atoms. The Morgan fingerprint density at radius 2 is 1.65 bits per heavy atom. The second-order valence-corrected chi connectivity index (χ2v) is 8.74. The molecule has 3 rings (SSSR count). The molecular formula is C24H26N2O4S. The summed E-state index contributed by atoms with van der Waals surface area (Å²) in [5, 5.41) is 2.80. The fourth-order valence-electron chi connectivity index (χ4n) is 3.11. The smallest absolute Gasteiger partial charge is 0.255 e. The molecule has 0 aromatic heterocycles. The van der Waals surface area contributed by atoms with Crippen LogP contribution < -0.4 is 14.8 Å². The van der Waals surface area contributed by atoms with Crippen molar-refractivity contribution in [3.05, 3.63) is 89.5 Å². The maximum atomic E-state index is 12.9. The molecule has 0 radical (unpaired) electrons. The minimum Gasteiger partial charge on any atom is -0.495 e. The highest BCUT2D eigenvalue weighted by Gasteiger charge is 2.21. The maximum Gasteiger partial charge on any atom is 0.255 e. The van der Waals surface area contributed by atoms with E-state index in [4.69, 9.17) is 4.74 Å². The van der Waals surface area contributed by atoms with Crippen LogP contribution in [0, 0.1) is 0 Å². The van der Waals surface area contributed by atoms with Gasteiger partial charge < -0.3 is 10.1 Å². The molecule has 1 amide bonds. The molecule has 0 heterocycles. The van der Waals surface area contributed by atoms with Crippen molar-refractivity contribution in [2.75, 3.05) is 19.0 Å². The van der Waals surface area contributed by atoms with Gasteiger partial charge in [0.05, 0.1) is 7.11 Å². The third-order valence-electron chi connectivity index (χ3n) is 4.88. The summed E-state index contributed by atoms with van der Waals surface area (Å²) in [6.07, 6.45) is 1.46. The average molecular weight is 439 g/mol. The van der Waals surface area contributed by atoms with Crippen molar-refractivity contribution in [1.29, 1.82) is 0 Å². The van der Waals surface area contributed by atoms with Crippen LogP contribution in [0.4, 0.5) is 5.69 Å². The van der Waals surface area contributed by atoms with Gasteiger partial charge in [0.15, 0.2) is 0 Å². The van der Waals surface area contributed by atoms with Gasteiger partial charge in [-0.25, -0.2) is 13.1 Å². The number of benzene rings is 3. The van der Waals surface area contributed by atoms with Crippen LogP contribution in [0.15, 0.2) is 77.7 Å². The number of anilines is 1. The highest BCUT2D eigenvalue weighted by atomic mass is 32.2. The highest BCUT2D eigenvalue weighted by Crippen LogP contribution is 2.25. The van der Waals surface area contributed by atoms with Crippen LogP contribution in [-0.4, -0.2) is 28.0 Å². The lowest BCUT2D eigenvalue weighted by molar-refractivity contribution is 0.102. The lowest BCUT2D eigenvalue weighted by atomic mass is 10.1. The number of hydrogen-bond donors (Lipinski definition) is 2. The molecule has 2 N–H and O–H groups in total. The first-order valence-corrected chi connectivity index (χ1v) is 11.5. The Labute approximate surface area is 183 Å². The molecule has 0 aliphatic heterocycles. The molecule has 0 saturated heterocycles. The summed E-state index contributed by atoms with van der Waals surface area (Å²) in [5.41, 5.74) is 3.06. The quantitative estimate of drug-likeness (QED) is 0.528. The normalized spacial score (nSPS) is 11.2. The van der Waals surface area contributed by atoms with Gasteiger partial charge in [0.2, 0.25) is 10.0 Å². The molecule has 0 saturated carbocycles. The van der Waals surface area contributed by atoms with Crippen LogP contribution in [0.2, 0.25) is 0 Å². The summed E-state index contributed by atoms with van der Waals surface area (Å²) >= 11 is 0. The first kappa shape index (κ1) is 22.5. The number of methoxy groups -OCH3 is 1. The Morgan fingerprint density at radius 1 is 0.935 bits per heavy atom. The topological polar surface area (TPSA) is 84.5 Å². The Kier molecular flexibility index (Phi) is 7.44. The number of carbonyl (C=O) groups is 1. The predicted molar refractivity (Wildman–Crippen MR) is 122 cm³/mol. The molecule has 0 spiro atoms. The van der Waals surface area contributed by atoms with Crippen molar-refractivity contribution in [1.82, 2.24) is 4.72 Å². The van der Waals surface area contributed by atoms with E-state index in [-0.39, 0.29) is 22.8 Å². The van der Waals surface area contributed by atoms with Crippen molar-refractivity contribution in [3.8, 4) is 5.75 Å².